The molecule has 2 aromatic rings. The van der Waals surface area contributed by atoms with Crippen LogP contribution in [0.5, 0.6) is 0 Å². The summed E-state index contributed by atoms with van der Waals surface area (Å²) >= 11 is 0. The highest BCUT2D eigenvalue weighted by atomic mass is 16.4. The Morgan fingerprint density at radius 3 is 1.44 bits per heavy atom. The summed E-state index contributed by atoms with van der Waals surface area (Å²) in [6.07, 6.45) is -0.0862. The molecule has 4 nitrogen and oxygen atoms in total. The monoisotopic (exact) mass is 340 g/mol. The van der Waals surface area contributed by atoms with E-state index < -0.39 is 17.4 Å². The van der Waals surface area contributed by atoms with Gasteiger partial charge in [0.25, 0.3) is 0 Å². The molecule has 0 aliphatic rings. The first-order valence-electron chi connectivity index (χ1n) is 8.26. The van der Waals surface area contributed by atoms with Gasteiger partial charge in [-0.25, -0.2) is 0 Å². The van der Waals surface area contributed by atoms with E-state index in [1.165, 1.54) is 0 Å². The predicted octanol–water partition coefficient (Wildman–Crippen LogP) is 3.86. The average molecular weight is 340 g/mol. The first kappa shape index (κ1) is 18.7. The lowest BCUT2D eigenvalue weighted by atomic mass is 9.74. The first-order chi connectivity index (χ1) is 11.7. The molecule has 2 rings (SSSR count). The van der Waals surface area contributed by atoms with Crippen molar-refractivity contribution in [3.05, 3.63) is 69.8 Å². The van der Waals surface area contributed by atoms with Gasteiger partial charge in [-0.15, -0.1) is 0 Å². The number of aryl methyl sites for hydroxylation is 2. The number of aliphatic carboxylic acids is 2. The Hall–Kier alpha value is -2.62. The molecule has 0 spiro atoms. The van der Waals surface area contributed by atoms with Gasteiger partial charge in [-0.05, 0) is 73.9 Å². The average Bonchev–Trinajstić information content (AvgIpc) is 2.54. The lowest BCUT2D eigenvalue weighted by Gasteiger charge is -2.27. The largest absolute Gasteiger partial charge is 0.480 e. The normalized spacial score (nSPS) is 11.4. The van der Waals surface area contributed by atoms with Crippen molar-refractivity contribution in [1.82, 2.24) is 0 Å². The van der Waals surface area contributed by atoms with Crippen LogP contribution in [0.4, 0.5) is 0 Å². The molecule has 4 heteroatoms. The van der Waals surface area contributed by atoms with E-state index in [1.807, 2.05) is 64.1 Å². The zero-order valence-corrected chi connectivity index (χ0v) is 15.1. The van der Waals surface area contributed by atoms with E-state index in [4.69, 9.17) is 0 Å². The molecule has 0 bridgehead atoms. The molecule has 0 aliphatic carbocycles. The maximum absolute atomic E-state index is 12.1. The minimum absolute atomic E-state index is 0.0431. The lowest BCUT2D eigenvalue weighted by molar-refractivity contribution is -0.164. The Morgan fingerprint density at radius 2 is 1.12 bits per heavy atom. The molecule has 2 aromatic carbocycles. The van der Waals surface area contributed by atoms with Crippen LogP contribution in [0.25, 0.3) is 0 Å². The van der Waals surface area contributed by atoms with Gasteiger partial charge in [0.05, 0.1) is 0 Å². The molecule has 0 amide bonds. The van der Waals surface area contributed by atoms with E-state index in [0.29, 0.717) is 0 Å². The summed E-state index contributed by atoms with van der Waals surface area (Å²) in [5.74, 6) is -2.61. The molecule has 0 unspecified atom stereocenters. The highest BCUT2D eigenvalue weighted by molar-refractivity contribution is 5.99. The van der Waals surface area contributed by atoms with Crippen molar-refractivity contribution >= 4 is 11.9 Å². The zero-order valence-electron chi connectivity index (χ0n) is 15.1. The third-order valence-electron chi connectivity index (χ3n) is 5.24. The summed E-state index contributed by atoms with van der Waals surface area (Å²) in [4.78, 5) is 24.2. The second-order valence-corrected chi connectivity index (χ2v) is 6.76. The lowest BCUT2D eigenvalue weighted by Crippen LogP contribution is -2.43. The van der Waals surface area contributed by atoms with Crippen molar-refractivity contribution in [3.8, 4) is 0 Å². The molecule has 132 valence electrons. The SMILES string of the molecule is Cc1cccc(CC(Cc2cccc(C)c2C)(C(=O)O)C(=O)O)c1C. The third-order valence-corrected chi connectivity index (χ3v) is 5.24. The molecule has 0 radical (unpaired) electrons. The maximum Gasteiger partial charge on any atom is 0.321 e. The Bertz CT molecular complexity index is 751. The molecule has 25 heavy (non-hydrogen) atoms. The van der Waals surface area contributed by atoms with Gasteiger partial charge in [0.15, 0.2) is 5.41 Å². The van der Waals surface area contributed by atoms with Crippen molar-refractivity contribution in [2.45, 2.75) is 40.5 Å². The van der Waals surface area contributed by atoms with Gasteiger partial charge in [-0.3, -0.25) is 9.59 Å². The number of hydrogen-bond acceptors (Lipinski definition) is 2. The summed E-state index contributed by atoms with van der Waals surface area (Å²) in [6.45, 7) is 7.67. The first-order valence-corrected chi connectivity index (χ1v) is 8.26. The highest BCUT2D eigenvalue weighted by Crippen LogP contribution is 2.32. The third kappa shape index (κ3) is 3.58. The Kier molecular flexibility index (Phi) is 5.31. The summed E-state index contributed by atoms with van der Waals surface area (Å²) in [5.41, 5.74) is 3.55. The van der Waals surface area contributed by atoms with Gasteiger partial charge in [0.2, 0.25) is 0 Å². The fourth-order valence-corrected chi connectivity index (χ4v) is 3.11. The minimum Gasteiger partial charge on any atom is -0.480 e. The van der Waals surface area contributed by atoms with Crippen molar-refractivity contribution in [1.29, 1.82) is 0 Å². The topological polar surface area (TPSA) is 74.6 Å². The van der Waals surface area contributed by atoms with E-state index in [9.17, 15) is 19.8 Å². The van der Waals surface area contributed by atoms with Gasteiger partial charge in [-0.2, -0.15) is 0 Å². The van der Waals surface area contributed by atoms with Crippen molar-refractivity contribution in [2.24, 2.45) is 5.41 Å². The second kappa shape index (κ2) is 7.09. The van der Waals surface area contributed by atoms with Crippen molar-refractivity contribution < 1.29 is 19.8 Å². The number of carbonyl (C=O) groups is 2. The molecule has 0 saturated heterocycles. The summed E-state index contributed by atoms with van der Waals surface area (Å²) in [6, 6.07) is 11.2. The highest BCUT2D eigenvalue weighted by Gasteiger charge is 2.47. The van der Waals surface area contributed by atoms with Crippen LogP contribution in [0.15, 0.2) is 36.4 Å². The molecule has 0 aromatic heterocycles. The van der Waals surface area contributed by atoms with E-state index in [0.717, 1.165) is 33.4 Å². The van der Waals surface area contributed by atoms with Crippen molar-refractivity contribution in [2.75, 3.05) is 0 Å². The van der Waals surface area contributed by atoms with Crippen LogP contribution in [0.3, 0.4) is 0 Å². The summed E-state index contributed by atoms with van der Waals surface area (Å²) in [7, 11) is 0. The Morgan fingerprint density at radius 1 is 0.760 bits per heavy atom. The van der Waals surface area contributed by atoms with Crippen LogP contribution in [0.1, 0.15) is 33.4 Å². The van der Waals surface area contributed by atoms with E-state index in [1.54, 1.807) is 0 Å². The number of carboxylic acids is 2. The van der Waals surface area contributed by atoms with Gasteiger partial charge >= 0.3 is 11.9 Å². The smallest absolute Gasteiger partial charge is 0.321 e. The number of carboxylic acid groups (broad SMARTS) is 2. The van der Waals surface area contributed by atoms with Gasteiger partial charge in [0.1, 0.15) is 0 Å². The van der Waals surface area contributed by atoms with Crippen LogP contribution in [0.2, 0.25) is 0 Å². The number of hydrogen-bond donors (Lipinski definition) is 2. The van der Waals surface area contributed by atoms with E-state index in [-0.39, 0.29) is 12.8 Å². The Labute approximate surface area is 148 Å². The van der Waals surface area contributed by atoms with Gasteiger partial charge in [-0.1, -0.05) is 36.4 Å². The standard InChI is InChI=1S/C21H24O4/c1-13-7-5-9-17(15(13)3)11-21(19(22)23,20(24)25)12-18-10-6-8-14(2)16(18)4/h5-10H,11-12H2,1-4H3,(H,22,23)(H,24,25). The summed E-state index contributed by atoms with van der Waals surface area (Å²) in [5, 5.41) is 19.7. The molecule has 0 heterocycles. The molecule has 0 atom stereocenters. The molecule has 2 N–H and O–H groups in total. The van der Waals surface area contributed by atoms with Crippen molar-refractivity contribution in [3.63, 3.8) is 0 Å². The van der Waals surface area contributed by atoms with Gasteiger partial charge in [0, 0.05) is 0 Å². The second-order valence-electron chi connectivity index (χ2n) is 6.76. The predicted molar refractivity (Wildman–Crippen MR) is 96.9 cm³/mol. The molecular formula is C21H24O4. The Balaban J connectivity index is 2.55. The number of benzene rings is 2. The molecular weight excluding hydrogens is 316 g/mol. The van der Waals surface area contributed by atoms with Gasteiger partial charge < -0.3 is 10.2 Å². The molecule has 0 fully saturated rings. The fraction of sp³-hybridized carbons (Fsp3) is 0.333. The fourth-order valence-electron chi connectivity index (χ4n) is 3.11. The number of rotatable bonds is 6. The molecule has 0 aliphatic heterocycles. The van der Waals surface area contributed by atoms with Crippen LogP contribution < -0.4 is 0 Å². The summed E-state index contributed by atoms with van der Waals surface area (Å²) < 4.78 is 0. The minimum atomic E-state index is -1.89. The van der Waals surface area contributed by atoms with E-state index >= 15 is 0 Å². The van der Waals surface area contributed by atoms with Crippen LogP contribution in [0, 0.1) is 33.1 Å². The zero-order chi connectivity index (χ0) is 18.8. The quantitative estimate of drug-likeness (QED) is 0.783. The van der Waals surface area contributed by atoms with Crippen LogP contribution in [-0.2, 0) is 22.4 Å². The molecule has 0 saturated carbocycles. The van der Waals surface area contributed by atoms with Crippen LogP contribution in [-0.4, -0.2) is 22.2 Å². The van der Waals surface area contributed by atoms with Crippen LogP contribution >= 0.6 is 0 Å². The maximum atomic E-state index is 12.1. The van der Waals surface area contributed by atoms with E-state index in [2.05, 4.69) is 0 Å².